The van der Waals surface area contributed by atoms with Crippen molar-refractivity contribution in [2.45, 2.75) is 25.3 Å². The first-order chi connectivity index (χ1) is 16.5. The van der Waals surface area contributed by atoms with E-state index in [1.807, 2.05) is 91.0 Å². The molecular weight excluding hydrogens is 449 g/mol. The van der Waals surface area contributed by atoms with Crippen LogP contribution in [0, 0.1) is 5.92 Å². The summed E-state index contributed by atoms with van der Waals surface area (Å²) in [5.74, 6) is -1.63. The van der Waals surface area contributed by atoms with Gasteiger partial charge in [0.1, 0.15) is 5.54 Å². The van der Waals surface area contributed by atoms with Crippen molar-refractivity contribution in [3.8, 4) is 0 Å². The zero-order valence-corrected chi connectivity index (χ0v) is 20.1. The number of esters is 1. The highest BCUT2D eigenvalue weighted by Crippen LogP contribution is 2.37. The first-order valence-electron chi connectivity index (χ1n) is 11.3. The topological polar surface area (TPSA) is 92.7 Å². The van der Waals surface area contributed by atoms with Crippen LogP contribution in [0.5, 0.6) is 0 Å². The van der Waals surface area contributed by atoms with E-state index in [2.05, 4.69) is 5.32 Å². The van der Waals surface area contributed by atoms with E-state index < -0.39 is 25.5 Å². The molecule has 7 heteroatoms. The average Bonchev–Trinajstić information content (AvgIpc) is 2.86. The maximum atomic E-state index is 13.4. The number of hydrogen-bond donors (Lipinski definition) is 2. The first kappa shape index (κ1) is 25.4. The fourth-order valence-corrected chi connectivity index (χ4v) is 4.92. The number of ether oxygens (including phenoxy) is 1. The van der Waals surface area contributed by atoms with Crippen molar-refractivity contribution in [2.24, 2.45) is 5.92 Å². The van der Waals surface area contributed by atoms with Crippen LogP contribution in [0.25, 0.3) is 0 Å². The van der Waals surface area contributed by atoms with E-state index in [0.29, 0.717) is 0 Å². The van der Waals surface area contributed by atoms with Crippen molar-refractivity contribution in [3.05, 3.63) is 108 Å². The maximum Gasteiger partial charge on any atom is 0.309 e. The standard InChI is InChI=1S/C27H30NO5P/c1-2-33-26(30)21(20-34(31)32)18-19-25(29)28-27(22-12-6-3-7-13-22,23-14-8-4-9-15-23)24-16-10-5-11-17-24/h3-17,21,34H,2,18-20H2,1H3,(H,28,29)(H,31,32). The molecule has 2 N–H and O–H groups in total. The third kappa shape index (κ3) is 6.22. The lowest BCUT2D eigenvalue weighted by Crippen LogP contribution is -2.48. The minimum Gasteiger partial charge on any atom is -0.466 e. The van der Waals surface area contributed by atoms with Gasteiger partial charge in [-0.1, -0.05) is 91.0 Å². The molecule has 0 aliphatic carbocycles. The zero-order chi connectivity index (χ0) is 24.4. The van der Waals surface area contributed by atoms with Gasteiger partial charge in [0.25, 0.3) is 0 Å². The van der Waals surface area contributed by atoms with Crippen molar-refractivity contribution in [3.63, 3.8) is 0 Å². The van der Waals surface area contributed by atoms with Crippen LogP contribution in [0.1, 0.15) is 36.5 Å². The molecule has 0 saturated carbocycles. The van der Waals surface area contributed by atoms with Crippen LogP contribution in [0.2, 0.25) is 0 Å². The Morgan fingerprint density at radius 2 is 1.32 bits per heavy atom. The Hall–Kier alpha value is -3.21. The van der Waals surface area contributed by atoms with Crippen LogP contribution in [0.3, 0.4) is 0 Å². The second kappa shape index (κ2) is 12.3. The lowest BCUT2D eigenvalue weighted by atomic mass is 9.77. The van der Waals surface area contributed by atoms with Gasteiger partial charge < -0.3 is 14.9 Å². The molecule has 2 atom stereocenters. The lowest BCUT2D eigenvalue weighted by Gasteiger charge is -2.37. The molecule has 0 fully saturated rings. The molecule has 178 valence electrons. The van der Waals surface area contributed by atoms with Crippen LogP contribution in [-0.4, -0.2) is 29.5 Å². The van der Waals surface area contributed by atoms with Crippen LogP contribution in [-0.2, 0) is 24.4 Å². The molecule has 0 heterocycles. The van der Waals surface area contributed by atoms with E-state index in [1.54, 1.807) is 6.92 Å². The SMILES string of the molecule is CCOC(=O)C(CCC(=O)NC(c1ccccc1)(c1ccccc1)c1ccccc1)C[PH](=O)O. The highest BCUT2D eigenvalue weighted by atomic mass is 31.1. The van der Waals surface area contributed by atoms with Crippen molar-refractivity contribution < 1.29 is 23.8 Å². The van der Waals surface area contributed by atoms with Gasteiger partial charge in [-0.2, -0.15) is 0 Å². The van der Waals surface area contributed by atoms with E-state index in [4.69, 9.17) is 4.74 Å². The molecular formula is C27H30NO5P. The summed E-state index contributed by atoms with van der Waals surface area (Å²) in [5.41, 5.74) is 1.72. The number of carbonyl (C=O) groups excluding carboxylic acids is 2. The first-order valence-corrected chi connectivity index (χ1v) is 12.9. The monoisotopic (exact) mass is 479 g/mol. The Morgan fingerprint density at radius 3 is 1.71 bits per heavy atom. The predicted octanol–water partition coefficient (Wildman–Crippen LogP) is 4.52. The molecule has 0 aliphatic heterocycles. The minimum absolute atomic E-state index is 0.00682. The second-order valence-corrected chi connectivity index (χ2v) is 9.18. The minimum atomic E-state index is -2.89. The average molecular weight is 480 g/mol. The highest BCUT2D eigenvalue weighted by molar-refractivity contribution is 7.38. The Bertz CT molecular complexity index is 993. The van der Waals surface area contributed by atoms with Gasteiger partial charge >= 0.3 is 5.97 Å². The van der Waals surface area contributed by atoms with Gasteiger partial charge in [0.15, 0.2) is 8.03 Å². The largest absolute Gasteiger partial charge is 0.466 e. The fourth-order valence-electron chi connectivity index (χ4n) is 4.13. The Morgan fingerprint density at radius 1 is 0.882 bits per heavy atom. The third-order valence-corrected chi connectivity index (χ3v) is 6.55. The molecule has 3 rings (SSSR count). The maximum absolute atomic E-state index is 13.4. The lowest BCUT2D eigenvalue weighted by molar-refractivity contribution is -0.147. The summed E-state index contributed by atoms with van der Waals surface area (Å²) in [6, 6.07) is 29.2. The van der Waals surface area contributed by atoms with Crippen LogP contribution < -0.4 is 5.32 Å². The molecule has 0 aliphatic rings. The molecule has 1 amide bonds. The van der Waals surface area contributed by atoms with Crippen LogP contribution in [0.4, 0.5) is 0 Å². The summed E-state index contributed by atoms with van der Waals surface area (Å²) < 4.78 is 16.5. The number of hydrogen-bond acceptors (Lipinski definition) is 4. The van der Waals surface area contributed by atoms with E-state index in [1.165, 1.54) is 0 Å². The van der Waals surface area contributed by atoms with Crippen molar-refractivity contribution in [1.82, 2.24) is 5.32 Å². The summed E-state index contributed by atoms with van der Waals surface area (Å²) >= 11 is 0. The van der Waals surface area contributed by atoms with Gasteiger partial charge in [-0.15, -0.1) is 0 Å². The van der Waals surface area contributed by atoms with Crippen molar-refractivity contribution >= 4 is 19.9 Å². The Kier molecular flexibility index (Phi) is 9.20. The van der Waals surface area contributed by atoms with Gasteiger partial charge in [-0.05, 0) is 30.0 Å². The van der Waals surface area contributed by atoms with Gasteiger partial charge in [0, 0.05) is 12.6 Å². The Balaban J connectivity index is 1.97. The van der Waals surface area contributed by atoms with E-state index >= 15 is 0 Å². The normalized spacial score (nSPS) is 13.0. The number of nitrogens with one attached hydrogen (secondary N) is 1. The fraction of sp³-hybridized carbons (Fsp3) is 0.259. The van der Waals surface area contributed by atoms with E-state index in [-0.39, 0.29) is 31.5 Å². The summed E-state index contributed by atoms with van der Waals surface area (Å²) in [7, 11) is -2.89. The molecule has 6 nitrogen and oxygen atoms in total. The molecule has 0 radical (unpaired) electrons. The summed E-state index contributed by atoms with van der Waals surface area (Å²) in [6.07, 6.45) is -0.0685. The summed E-state index contributed by atoms with van der Waals surface area (Å²) in [4.78, 5) is 35.0. The smallest absolute Gasteiger partial charge is 0.309 e. The molecule has 0 aromatic heterocycles. The van der Waals surface area contributed by atoms with Gasteiger partial charge in [0.05, 0.1) is 12.5 Å². The number of rotatable bonds is 11. The highest BCUT2D eigenvalue weighted by Gasteiger charge is 2.38. The number of benzene rings is 3. The zero-order valence-electron chi connectivity index (χ0n) is 19.1. The van der Waals surface area contributed by atoms with E-state index in [0.717, 1.165) is 16.7 Å². The van der Waals surface area contributed by atoms with Gasteiger partial charge in [-0.3, -0.25) is 14.2 Å². The van der Waals surface area contributed by atoms with Crippen molar-refractivity contribution in [2.75, 3.05) is 12.8 Å². The molecule has 0 spiro atoms. The van der Waals surface area contributed by atoms with Crippen molar-refractivity contribution in [1.29, 1.82) is 0 Å². The molecule has 0 saturated heterocycles. The van der Waals surface area contributed by atoms with Gasteiger partial charge in [0.2, 0.25) is 5.91 Å². The molecule has 2 unspecified atom stereocenters. The summed E-state index contributed by atoms with van der Waals surface area (Å²) in [6.45, 7) is 1.85. The van der Waals surface area contributed by atoms with Gasteiger partial charge in [-0.25, -0.2) is 0 Å². The predicted molar refractivity (Wildman–Crippen MR) is 133 cm³/mol. The van der Waals surface area contributed by atoms with Crippen LogP contribution >= 0.6 is 8.03 Å². The molecule has 34 heavy (non-hydrogen) atoms. The molecule has 3 aromatic rings. The third-order valence-electron chi connectivity index (χ3n) is 5.71. The summed E-state index contributed by atoms with van der Waals surface area (Å²) in [5, 5.41) is 3.24. The number of amides is 1. The number of carbonyl (C=O) groups is 2. The van der Waals surface area contributed by atoms with E-state index in [9.17, 15) is 19.0 Å². The molecule has 0 bridgehead atoms. The Labute approximate surface area is 200 Å². The van der Waals surface area contributed by atoms with Crippen LogP contribution in [0.15, 0.2) is 91.0 Å². The second-order valence-electron chi connectivity index (χ2n) is 7.98. The molecule has 3 aromatic carbocycles. The quantitative estimate of drug-likeness (QED) is 0.240.